The van der Waals surface area contributed by atoms with Gasteiger partial charge in [-0.1, -0.05) is 0 Å². The molecule has 2 N–H and O–H groups in total. The van der Waals surface area contributed by atoms with Gasteiger partial charge in [0.25, 0.3) is 0 Å². The second-order valence-corrected chi connectivity index (χ2v) is 4.62. The first-order chi connectivity index (χ1) is 7.25. The van der Waals surface area contributed by atoms with Crippen molar-refractivity contribution < 1.29 is 4.39 Å². The zero-order valence-electron chi connectivity index (χ0n) is 8.49. The van der Waals surface area contributed by atoms with Crippen LogP contribution >= 0.6 is 0 Å². The van der Waals surface area contributed by atoms with E-state index in [1.165, 1.54) is 6.07 Å². The minimum Gasteiger partial charge on any atom is -0.347 e. The molecule has 3 nitrogen and oxygen atoms in total. The van der Waals surface area contributed by atoms with Crippen LogP contribution in [-0.4, -0.2) is 23.6 Å². The Morgan fingerprint density at radius 3 is 3.07 bits per heavy atom. The van der Waals surface area contributed by atoms with Crippen LogP contribution in [-0.2, 0) is 0 Å². The molecule has 0 atom stereocenters. The highest BCUT2D eigenvalue weighted by Crippen LogP contribution is 2.51. The van der Waals surface area contributed by atoms with Crippen LogP contribution in [0.2, 0.25) is 0 Å². The number of rotatable bonds is 2. The Morgan fingerprint density at radius 1 is 1.60 bits per heavy atom. The normalized spacial score (nSPS) is 32.9. The summed E-state index contributed by atoms with van der Waals surface area (Å²) in [6, 6.07) is 3.08. The van der Waals surface area contributed by atoms with Crippen LogP contribution in [0.1, 0.15) is 12.8 Å². The molecule has 0 aromatic carbocycles. The number of nitrogens with two attached hydrogens (primary N) is 1. The lowest BCUT2D eigenvalue weighted by Gasteiger charge is -2.41. The number of anilines is 1. The van der Waals surface area contributed by atoms with E-state index in [-0.39, 0.29) is 11.4 Å². The third-order valence-electron chi connectivity index (χ3n) is 3.73. The molecule has 3 fully saturated rings. The quantitative estimate of drug-likeness (QED) is 0.791. The number of hydrogen-bond donors (Lipinski definition) is 1. The Morgan fingerprint density at radius 2 is 2.40 bits per heavy atom. The highest BCUT2D eigenvalue weighted by Gasteiger charge is 2.55. The largest absolute Gasteiger partial charge is 0.347 e. The van der Waals surface area contributed by atoms with Gasteiger partial charge < -0.3 is 10.6 Å². The summed E-state index contributed by atoms with van der Waals surface area (Å²) in [6.45, 7) is 1.50. The van der Waals surface area contributed by atoms with Crippen LogP contribution in [0.25, 0.3) is 0 Å². The second-order valence-electron chi connectivity index (χ2n) is 4.62. The molecule has 2 aliphatic heterocycles. The molecule has 1 saturated carbocycles. The summed E-state index contributed by atoms with van der Waals surface area (Å²) in [5.74, 6) is 0.927. The maximum absolute atomic E-state index is 13.6. The molecule has 0 amide bonds. The monoisotopic (exact) mass is 207 g/mol. The van der Waals surface area contributed by atoms with Gasteiger partial charge in [0, 0.05) is 19.3 Å². The van der Waals surface area contributed by atoms with Crippen LogP contribution in [0, 0.1) is 11.7 Å². The Kier molecular flexibility index (Phi) is 1.77. The van der Waals surface area contributed by atoms with Crippen LogP contribution < -0.4 is 10.6 Å². The van der Waals surface area contributed by atoms with Crippen molar-refractivity contribution >= 4 is 5.82 Å². The highest BCUT2D eigenvalue weighted by molar-refractivity contribution is 5.48. The lowest BCUT2D eigenvalue weighted by molar-refractivity contribution is 0.250. The number of fused-ring (bicyclic) bond motifs is 1. The Labute approximate surface area is 88.1 Å². The van der Waals surface area contributed by atoms with Crippen molar-refractivity contribution in [1.82, 2.24) is 4.98 Å². The molecule has 3 heterocycles. The third kappa shape index (κ3) is 1.11. The lowest BCUT2D eigenvalue weighted by Crippen LogP contribution is -2.52. The highest BCUT2D eigenvalue weighted by atomic mass is 19.1. The van der Waals surface area contributed by atoms with Gasteiger partial charge in [-0.25, -0.2) is 9.37 Å². The molecule has 80 valence electrons. The van der Waals surface area contributed by atoms with E-state index in [0.717, 1.165) is 19.4 Å². The number of pyridine rings is 1. The standard InChI is InChI=1S/C11H14FN3/c12-9-2-1-3-14-10(9)15-6-8-4-11(15,5-8)7-13/h1-3,8H,4-7,13H2. The lowest BCUT2D eigenvalue weighted by atomic mass is 9.73. The zero-order chi connectivity index (χ0) is 10.5. The maximum Gasteiger partial charge on any atom is 0.165 e. The van der Waals surface area contributed by atoms with Gasteiger partial charge in [-0.2, -0.15) is 0 Å². The summed E-state index contributed by atoms with van der Waals surface area (Å²) < 4.78 is 13.6. The number of halogens is 1. The maximum atomic E-state index is 13.6. The van der Waals surface area contributed by atoms with E-state index in [2.05, 4.69) is 9.88 Å². The predicted molar refractivity (Wildman–Crippen MR) is 56.1 cm³/mol. The summed E-state index contributed by atoms with van der Waals surface area (Å²) >= 11 is 0. The van der Waals surface area contributed by atoms with E-state index < -0.39 is 0 Å². The average molecular weight is 207 g/mol. The number of aromatic nitrogens is 1. The minimum absolute atomic E-state index is 0.000139. The third-order valence-corrected chi connectivity index (χ3v) is 3.73. The van der Waals surface area contributed by atoms with Crippen molar-refractivity contribution in [2.24, 2.45) is 11.7 Å². The molecule has 1 aromatic rings. The van der Waals surface area contributed by atoms with Gasteiger partial charge in [-0.05, 0) is 30.9 Å². The van der Waals surface area contributed by atoms with E-state index in [1.54, 1.807) is 12.3 Å². The first kappa shape index (κ1) is 9.09. The van der Waals surface area contributed by atoms with Gasteiger partial charge in [0.1, 0.15) is 0 Å². The molecule has 15 heavy (non-hydrogen) atoms. The van der Waals surface area contributed by atoms with Gasteiger partial charge in [0.15, 0.2) is 11.6 Å². The van der Waals surface area contributed by atoms with Crippen molar-refractivity contribution in [2.75, 3.05) is 18.0 Å². The van der Waals surface area contributed by atoms with Crippen molar-refractivity contribution in [3.63, 3.8) is 0 Å². The van der Waals surface area contributed by atoms with Gasteiger partial charge in [0.05, 0.1) is 5.54 Å². The van der Waals surface area contributed by atoms with E-state index in [4.69, 9.17) is 5.73 Å². The first-order valence-electron chi connectivity index (χ1n) is 5.33. The molecule has 2 bridgehead atoms. The number of nitrogens with zero attached hydrogens (tertiary/aromatic N) is 2. The smallest absolute Gasteiger partial charge is 0.165 e. The molecule has 1 aliphatic carbocycles. The second kappa shape index (κ2) is 2.92. The zero-order valence-corrected chi connectivity index (χ0v) is 8.49. The fourth-order valence-electron chi connectivity index (χ4n) is 2.98. The summed E-state index contributed by atoms with van der Waals surface area (Å²) in [5, 5.41) is 0. The van der Waals surface area contributed by atoms with Crippen molar-refractivity contribution in [3.8, 4) is 0 Å². The van der Waals surface area contributed by atoms with Gasteiger partial charge in [-0.3, -0.25) is 0 Å². The van der Waals surface area contributed by atoms with E-state index in [9.17, 15) is 4.39 Å². The van der Waals surface area contributed by atoms with Gasteiger partial charge >= 0.3 is 0 Å². The SMILES string of the molecule is NCC12CC(CN1c1ncccc1F)C2. The molecule has 1 aromatic heterocycles. The molecular weight excluding hydrogens is 193 g/mol. The summed E-state index contributed by atoms with van der Waals surface area (Å²) in [7, 11) is 0. The predicted octanol–water partition coefficient (Wildman–Crippen LogP) is 1.15. The summed E-state index contributed by atoms with van der Waals surface area (Å²) in [5.41, 5.74) is 5.79. The Balaban J connectivity index is 1.98. The molecule has 2 saturated heterocycles. The number of hydrogen-bond acceptors (Lipinski definition) is 3. The van der Waals surface area contributed by atoms with E-state index >= 15 is 0 Å². The summed E-state index contributed by atoms with van der Waals surface area (Å²) in [6.07, 6.45) is 3.83. The van der Waals surface area contributed by atoms with Crippen LogP contribution in [0.15, 0.2) is 18.3 Å². The fraction of sp³-hybridized carbons (Fsp3) is 0.545. The van der Waals surface area contributed by atoms with Gasteiger partial charge in [-0.15, -0.1) is 0 Å². The molecule has 4 rings (SSSR count). The molecule has 3 aliphatic rings. The molecular formula is C11H14FN3. The first-order valence-corrected chi connectivity index (χ1v) is 5.33. The molecule has 0 spiro atoms. The molecule has 4 heteroatoms. The van der Waals surface area contributed by atoms with E-state index in [0.29, 0.717) is 18.3 Å². The van der Waals surface area contributed by atoms with Gasteiger partial charge in [0.2, 0.25) is 0 Å². The Hall–Kier alpha value is -1.16. The topological polar surface area (TPSA) is 42.1 Å². The van der Waals surface area contributed by atoms with Crippen molar-refractivity contribution in [1.29, 1.82) is 0 Å². The van der Waals surface area contributed by atoms with Crippen LogP contribution in [0.5, 0.6) is 0 Å². The molecule has 0 radical (unpaired) electrons. The fourth-order valence-corrected chi connectivity index (χ4v) is 2.98. The van der Waals surface area contributed by atoms with Crippen molar-refractivity contribution in [3.05, 3.63) is 24.1 Å². The van der Waals surface area contributed by atoms with E-state index in [1.807, 2.05) is 0 Å². The van der Waals surface area contributed by atoms with Crippen molar-refractivity contribution in [2.45, 2.75) is 18.4 Å². The minimum atomic E-state index is -0.238. The Bertz CT molecular complexity index is 387. The molecule has 0 unspecified atom stereocenters. The van der Waals surface area contributed by atoms with Crippen LogP contribution in [0.3, 0.4) is 0 Å². The van der Waals surface area contributed by atoms with Crippen LogP contribution in [0.4, 0.5) is 10.2 Å². The summed E-state index contributed by atoms with van der Waals surface area (Å²) in [4.78, 5) is 6.19. The average Bonchev–Trinajstić information content (AvgIpc) is 2.72.